The van der Waals surface area contributed by atoms with Gasteiger partial charge < -0.3 is 14.5 Å². The van der Waals surface area contributed by atoms with E-state index < -0.39 is 15.9 Å². The summed E-state index contributed by atoms with van der Waals surface area (Å²) in [4.78, 5) is 29.0. The van der Waals surface area contributed by atoms with Gasteiger partial charge in [-0.05, 0) is 49.4 Å². The van der Waals surface area contributed by atoms with E-state index in [0.29, 0.717) is 38.5 Å². The van der Waals surface area contributed by atoms with Crippen molar-refractivity contribution in [2.45, 2.75) is 11.8 Å². The van der Waals surface area contributed by atoms with Crippen molar-refractivity contribution in [2.24, 2.45) is 0 Å². The van der Waals surface area contributed by atoms with Crippen LogP contribution in [0.2, 0.25) is 0 Å². The Hall–Kier alpha value is -4.36. The molecule has 0 N–H and O–H groups in total. The summed E-state index contributed by atoms with van der Waals surface area (Å²) in [6, 6.07) is 22.5. The Kier molecular flexibility index (Phi) is 7.74. The molecule has 9 nitrogen and oxygen atoms in total. The summed E-state index contributed by atoms with van der Waals surface area (Å²) in [7, 11) is -4.28. The fraction of sp³-hybridized carbons (Fsp3) is 0.222. The molecule has 1 aliphatic heterocycles. The molecule has 1 heterocycles. The van der Waals surface area contributed by atoms with Crippen molar-refractivity contribution >= 4 is 33.4 Å². The molecule has 3 aromatic rings. The number of ether oxygens (including phenoxy) is 1. The molecule has 0 bridgehead atoms. The quantitative estimate of drug-likeness (QED) is 0.487. The molecule has 10 heteroatoms. The third-order valence-corrected chi connectivity index (χ3v) is 7.69. The number of benzene rings is 3. The van der Waals surface area contributed by atoms with Crippen LogP contribution in [0.3, 0.4) is 0 Å². The lowest BCUT2D eigenvalue weighted by atomic mass is 10.1. The van der Waals surface area contributed by atoms with Crippen LogP contribution in [-0.4, -0.2) is 58.1 Å². The van der Waals surface area contributed by atoms with E-state index in [-0.39, 0.29) is 27.8 Å². The normalized spacial score (nSPS) is 13.5. The van der Waals surface area contributed by atoms with E-state index in [1.54, 1.807) is 66.4 Å². The smallest absolute Gasteiger partial charge is 0.409 e. The minimum absolute atomic E-state index is 0.0445. The molecule has 2 amide bonds. The largest absolute Gasteiger partial charge is 0.450 e. The molecule has 0 aliphatic carbocycles. The van der Waals surface area contributed by atoms with Gasteiger partial charge in [-0.15, -0.1) is 0 Å². The minimum Gasteiger partial charge on any atom is -0.450 e. The number of carbonyl (C=O) groups is 2. The number of nitrogens with zero attached hydrogens (tertiary/aromatic N) is 4. The highest BCUT2D eigenvalue weighted by Crippen LogP contribution is 2.31. The summed E-state index contributed by atoms with van der Waals surface area (Å²) in [5.41, 5.74) is 1.07. The van der Waals surface area contributed by atoms with Crippen molar-refractivity contribution < 1.29 is 22.7 Å². The van der Waals surface area contributed by atoms with Crippen LogP contribution in [0.25, 0.3) is 0 Å². The molecule has 4 rings (SSSR count). The highest BCUT2D eigenvalue weighted by molar-refractivity contribution is 7.93. The zero-order valence-electron chi connectivity index (χ0n) is 20.3. The van der Waals surface area contributed by atoms with Crippen LogP contribution < -0.4 is 9.21 Å². The molecule has 1 saturated heterocycles. The maximum atomic E-state index is 13.6. The minimum atomic E-state index is -4.28. The zero-order chi connectivity index (χ0) is 26.4. The average molecular weight is 519 g/mol. The molecule has 0 atom stereocenters. The van der Waals surface area contributed by atoms with Crippen LogP contribution in [0.15, 0.2) is 83.8 Å². The standard InChI is InChI=1S/C27H26N4O5S/c1-2-36-27(33)30-17-15-29(16-18-30)25-14-13-23(19-22(25)20-28)31(26(32)21-9-5-3-6-10-21)37(34,35)24-11-7-4-8-12-24/h3-14,19H,2,15-18H2,1H3. The molecule has 0 aromatic heterocycles. The molecule has 0 spiro atoms. The first-order valence-corrected chi connectivity index (χ1v) is 13.2. The van der Waals surface area contributed by atoms with Crippen molar-refractivity contribution in [1.82, 2.24) is 4.90 Å². The fourth-order valence-electron chi connectivity index (χ4n) is 4.12. The van der Waals surface area contributed by atoms with Crippen LogP contribution >= 0.6 is 0 Å². The van der Waals surface area contributed by atoms with Crippen LogP contribution in [0.4, 0.5) is 16.2 Å². The number of hydrogen-bond acceptors (Lipinski definition) is 7. The Balaban J connectivity index is 1.70. The molecule has 190 valence electrons. The maximum Gasteiger partial charge on any atom is 0.409 e. The van der Waals surface area contributed by atoms with E-state index >= 15 is 0 Å². The second kappa shape index (κ2) is 11.1. The molecule has 0 saturated carbocycles. The summed E-state index contributed by atoms with van der Waals surface area (Å²) in [6.45, 7) is 3.84. The number of nitriles is 1. The predicted octanol–water partition coefficient (Wildman–Crippen LogP) is 3.87. The SMILES string of the molecule is CCOC(=O)N1CCN(c2ccc(N(C(=O)c3ccccc3)S(=O)(=O)c3ccccc3)cc2C#N)CC1. The Morgan fingerprint density at radius 3 is 2.16 bits per heavy atom. The van der Waals surface area contributed by atoms with Crippen molar-refractivity contribution in [2.75, 3.05) is 42.0 Å². The van der Waals surface area contributed by atoms with Crippen molar-refractivity contribution in [3.63, 3.8) is 0 Å². The Morgan fingerprint density at radius 1 is 0.946 bits per heavy atom. The van der Waals surface area contributed by atoms with Gasteiger partial charge in [0, 0.05) is 31.7 Å². The molecule has 1 fully saturated rings. The van der Waals surface area contributed by atoms with Crippen molar-refractivity contribution in [3.05, 3.63) is 90.0 Å². The molecule has 37 heavy (non-hydrogen) atoms. The van der Waals surface area contributed by atoms with E-state index in [2.05, 4.69) is 6.07 Å². The number of rotatable bonds is 6. The molecule has 0 radical (unpaired) electrons. The molecular weight excluding hydrogens is 492 g/mol. The van der Waals surface area contributed by atoms with Gasteiger partial charge in [-0.25, -0.2) is 13.2 Å². The number of hydrogen-bond donors (Lipinski definition) is 0. The molecule has 1 aliphatic rings. The van der Waals surface area contributed by atoms with Gasteiger partial charge in [0.25, 0.3) is 15.9 Å². The summed E-state index contributed by atoms with van der Waals surface area (Å²) < 4.78 is 33.1. The number of carbonyl (C=O) groups excluding carboxylic acids is 2. The van der Waals surface area contributed by atoms with Gasteiger partial charge in [0.15, 0.2) is 0 Å². The van der Waals surface area contributed by atoms with Gasteiger partial charge in [0.1, 0.15) is 6.07 Å². The Labute approximate surface area is 216 Å². The fourth-order valence-corrected chi connectivity index (χ4v) is 5.55. The van der Waals surface area contributed by atoms with E-state index in [0.717, 1.165) is 4.31 Å². The summed E-state index contributed by atoms with van der Waals surface area (Å²) >= 11 is 0. The first-order valence-electron chi connectivity index (χ1n) is 11.8. The van der Waals surface area contributed by atoms with Gasteiger partial charge in [-0.1, -0.05) is 36.4 Å². The van der Waals surface area contributed by atoms with Crippen LogP contribution in [0.1, 0.15) is 22.8 Å². The second-order valence-electron chi connectivity index (χ2n) is 8.24. The van der Waals surface area contributed by atoms with Crippen LogP contribution in [0.5, 0.6) is 0 Å². The van der Waals surface area contributed by atoms with Crippen molar-refractivity contribution in [3.8, 4) is 6.07 Å². The van der Waals surface area contributed by atoms with E-state index in [4.69, 9.17) is 4.74 Å². The second-order valence-corrected chi connectivity index (χ2v) is 10.0. The maximum absolute atomic E-state index is 13.6. The highest BCUT2D eigenvalue weighted by Gasteiger charge is 2.33. The lowest BCUT2D eigenvalue weighted by molar-refractivity contribution is 0.100. The zero-order valence-corrected chi connectivity index (χ0v) is 21.1. The predicted molar refractivity (Wildman–Crippen MR) is 139 cm³/mol. The Morgan fingerprint density at radius 2 is 1.57 bits per heavy atom. The third kappa shape index (κ3) is 5.42. The number of piperazine rings is 1. The van der Waals surface area contributed by atoms with E-state index in [1.807, 2.05) is 4.90 Å². The summed E-state index contributed by atoms with van der Waals surface area (Å²) in [5.74, 6) is -0.732. The lowest BCUT2D eigenvalue weighted by Gasteiger charge is -2.36. The van der Waals surface area contributed by atoms with Gasteiger partial charge in [-0.3, -0.25) is 4.79 Å². The van der Waals surface area contributed by atoms with Gasteiger partial charge >= 0.3 is 6.09 Å². The molecule has 3 aromatic carbocycles. The van der Waals surface area contributed by atoms with Crippen LogP contribution in [-0.2, 0) is 14.8 Å². The molecule has 0 unspecified atom stereocenters. The monoisotopic (exact) mass is 518 g/mol. The van der Waals surface area contributed by atoms with E-state index in [1.165, 1.54) is 24.3 Å². The average Bonchev–Trinajstić information content (AvgIpc) is 2.94. The molecular formula is C27H26N4O5S. The summed E-state index contributed by atoms with van der Waals surface area (Å²) in [6.07, 6.45) is -0.376. The third-order valence-electron chi connectivity index (χ3n) is 5.97. The Bertz CT molecular complexity index is 1410. The van der Waals surface area contributed by atoms with Gasteiger partial charge in [0.05, 0.1) is 28.4 Å². The van der Waals surface area contributed by atoms with E-state index in [9.17, 15) is 23.3 Å². The van der Waals surface area contributed by atoms with Crippen LogP contribution in [0, 0.1) is 11.3 Å². The first-order chi connectivity index (χ1) is 17.9. The van der Waals surface area contributed by atoms with Crippen molar-refractivity contribution in [1.29, 1.82) is 5.26 Å². The number of sulfonamides is 1. The summed E-state index contributed by atoms with van der Waals surface area (Å²) in [5, 5.41) is 9.93. The number of anilines is 2. The lowest BCUT2D eigenvalue weighted by Crippen LogP contribution is -2.49. The first kappa shape index (κ1) is 25.7. The van der Waals surface area contributed by atoms with Gasteiger partial charge in [-0.2, -0.15) is 9.57 Å². The van der Waals surface area contributed by atoms with Gasteiger partial charge in [0.2, 0.25) is 0 Å². The topological polar surface area (TPSA) is 111 Å². The highest BCUT2D eigenvalue weighted by atomic mass is 32.2. The number of amides is 2.